The van der Waals surface area contributed by atoms with Gasteiger partial charge in [-0.2, -0.15) is 0 Å². The predicted molar refractivity (Wildman–Crippen MR) is 55.5 cm³/mol. The monoisotopic (exact) mass is 552 g/mol. The van der Waals surface area contributed by atoms with Crippen molar-refractivity contribution in [1.29, 1.82) is 0 Å². The first-order chi connectivity index (χ1) is 10.5. The van der Waals surface area contributed by atoms with Crippen LogP contribution in [0.1, 0.15) is 0 Å². The number of hydrogen-bond donors (Lipinski definition) is 3. The summed E-state index contributed by atoms with van der Waals surface area (Å²) in [6.07, 6.45) is -15.7. The van der Waals surface area contributed by atoms with Crippen molar-refractivity contribution in [2.24, 2.45) is 0 Å². The van der Waals surface area contributed by atoms with Crippen molar-refractivity contribution in [2.75, 3.05) is 0 Å². The van der Waals surface area contributed by atoms with Crippen LogP contribution in [0.3, 0.4) is 0 Å². The summed E-state index contributed by atoms with van der Waals surface area (Å²) >= 11 is 0. The van der Waals surface area contributed by atoms with Gasteiger partial charge in [0.05, 0.1) is 23.5 Å². The number of aliphatic hydroxyl groups is 3. The standard InChI is InChI=1S/C6H15O15P3.6Na/c7-1-2(8)5(20-23(13,14)15)6(21-24(16,17)18)3(9)4(1)19-22(10,11)12;;;;;;/h1-9H,(H2,10,11,12)(H2,13,14,15)(H2,16,17,18);;;;;;/q;6*+1/p-6/t1-,2-,3+,4-,5-,6-;;;;;;/m1....../s1. The van der Waals surface area contributed by atoms with Gasteiger partial charge in [0.1, 0.15) is 36.6 Å². The van der Waals surface area contributed by atoms with E-state index in [0.29, 0.717) is 0 Å². The van der Waals surface area contributed by atoms with Gasteiger partial charge in [0, 0.05) is 0 Å². The zero-order chi connectivity index (χ0) is 19.1. The minimum atomic E-state index is -6.01. The second-order valence-electron chi connectivity index (χ2n) is 4.52. The summed E-state index contributed by atoms with van der Waals surface area (Å²) in [5.74, 6) is 0. The van der Waals surface area contributed by atoms with Crippen LogP contribution >= 0.6 is 23.5 Å². The summed E-state index contributed by atoms with van der Waals surface area (Å²) in [5, 5.41) is 28.9. The normalized spacial score (nSPS) is 28.7. The number of hydrogen-bond acceptors (Lipinski definition) is 15. The predicted octanol–water partition coefficient (Wildman–Crippen LogP) is -25.3. The third-order valence-corrected chi connectivity index (χ3v) is 4.28. The van der Waals surface area contributed by atoms with Crippen LogP contribution in [0.25, 0.3) is 0 Å². The van der Waals surface area contributed by atoms with Gasteiger partial charge in [-0.3, -0.25) is 0 Å². The first kappa shape index (κ1) is 49.2. The molecule has 15 nitrogen and oxygen atoms in total. The molecule has 0 aromatic carbocycles. The maximum atomic E-state index is 10.6. The van der Waals surface area contributed by atoms with E-state index in [2.05, 4.69) is 13.6 Å². The van der Waals surface area contributed by atoms with Crippen LogP contribution in [0.4, 0.5) is 0 Å². The molecular weight excluding hydrogens is 543 g/mol. The van der Waals surface area contributed by atoms with Gasteiger partial charge in [-0.05, 0) is 0 Å². The maximum absolute atomic E-state index is 10.6. The SMILES string of the molecule is O=P([O-])([O-])O[C@@H]1[C@H](O)[C@@H](O)[C@@H](OP(=O)([O-])[O-])[C@H](OP(=O)([O-])[O-])[C@H]1O.[Na+].[Na+].[Na+].[Na+].[Na+].[Na+]. The molecule has 6 atom stereocenters. The van der Waals surface area contributed by atoms with Crippen LogP contribution in [-0.4, -0.2) is 51.9 Å². The Morgan fingerprint density at radius 3 is 0.933 bits per heavy atom. The van der Waals surface area contributed by atoms with Crippen LogP contribution in [-0.2, 0) is 27.3 Å². The summed E-state index contributed by atoms with van der Waals surface area (Å²) in [5.41, 5.74) is 0. The molecule has 1 aliphatic carbocycles. The van der Waals surface area contributed by atoms with Crippen molar-refractivity contribution in [3.05, 3.63) is 0 Å². The molecule has 30 heavy (non-hydrogen) atoms. The molecule has 1 saturated carbocycles. The van der Waals surface area contributed by atoms with E-state index in [9.17, 15) is 58.4 Å². The molecule has 0 aromatic rings. The third kappa shape index (κ3) is 18.5. The Morgan fingerprint density at radius 1 is 0.467 bits per heavy atom. The van der Waals surface area contributed by atoms with Crippen LogP contribution in [0.15, 0.2) is 0 Å². The van der Waals surface area contributed by atoms with Gasteiger partial charge in [-0.15, -0.1) is 0 Å². The first-order valence-electron chi connectivity index (χ1n) is 5.67. The van der Waals surface area contributed by atoms with Crippen molar-refractivity contribution in [3.63, 3.8) is 0 Å². The third-order valence-electron chi connectivity index (χ3n) is 2.77. The van der Waals surface area contributed by atoms with E-state index in [1.165, 1.54) is 0 Å². The Bertz CT molecular complexity index is 595. The van der Waals surface area contributed by atoms with Gasteiger partial charge in [0.2, 0.25) is 0 Å². The molecule has 0 heterocycles. The summed E-state index contributed by atoms with van der Waals surface area (Å²) in [6.45, 7) is 0. The molecule has 0 bridgehead atoms. The molecule has 24 heteroatoms. The second-order valence-corrected chi connectivity index (χ2v) is 7.84. The molecule has 0 aliphatic heterocycles. The molecule has 1 rings (SSSR count). The Hall–Kier alpha value is 6.21. The fourth-order valence-corrected chi connectivity index (χ4v) is 3.62. The van der Waals surface area contributed by atoms with E-state index >= 15 is 0 Å². The fraction of sp³-hybridized carbons (Fsp3) is 1.00. The minimum absolute atomic E-state index is 0. The molecule has 0 saturated heterocycles. The topological polar surface area (TPSA) is 278 Å². The minimum Gasteiger partial charge on any atom is -0.790 e. The van der Waals surface area contributed by atoms with Gasteiger partial charge in [0.25, 0.3) is 0 Å². The molecule has 144 valence electrons. The largest absolute Gasteiger partial charge is 1.00 e. The second kappa shape index (κ2) is 20.2. The molecule has 1 fully saturated rings. The van der Waals surface area contributed by atoms with Crippen molar-refractivity contribution in [1.82, 2.24) is 0 Å². The number of rotatable bonds is 6. The van der Waals surface area contributed by atoms with Gasteiger partial charge in [-0.1, -0.05) is 0 Å². The Labute approximate surface area is 303 Å². The molecular formula is C6H9Na6O15P3. The van der Waals surface area contributed by atoms with E-state index in [1.54, 1.807) is 0 Å². The van der Waals surface area contributed by atoms with Gasteiger partial charge >= 0.3 is 177 Å². The number of phosphoric acid groups is 3. The Morgan fingerprint density at radius 2 is 0.667 bits per heavy atom. The van der Waals surface area contributed by atoms with Gasteiger partial charge < -0.3 is 71.9 Å². The van der Waals surface area contributed by atoms with Crippen LogP contribution in [0.5, 0.6) is 0 Å². The summed E-state index contributed by atoms with van der Waals surface area (Å²) in [6, 6.07) is 0. The average Bonchev–Trinajstić information content (AvgIpc) is 2.32. The van der Waals surface area contributed by atoms with Crippen molar-refractivity contribution < 1.29 is 249 Å². The average molecular weight is 552 g/mol. The molecule has 0 aromatic heterocycles. The quantitative estimate of drug-likeness (QED) is 0.204. The summed E-state index contributed by atoms with van der Waals surface area (Å²) in [4.78, 5) is 63.6. The molecule has 0 amide bonds. The van der Waals surface area contributed by atoms with Crippen LogP contribution in [0.2, 0.25) is 0 Å². The number of phosphoric ester groups is 3. The summed E-state index contributed by atoms with van der Waals surface area (Å²) < 4.78 is 43.0. The number of aliphatic hydroxyl groups excluding tert-OH is 3. The van der Waals surface area contributed by atoms with Crippen LogP contribution in [0, 0.1) is 0 Å². The Kier molecular flexibility index (Phi) is 33.1. The summed E-state index contributed by atoms with van der Waals surface area (Å²) in [7, 11) is -17.9. The van der Waals surface area contributed by atoms with Crippen LogP contribution < -0.4 is 207 Å². The maximum Gasteiger partial charge on any atom is 1.00 e. The molecule has 0 radical (unpaired) electrons. The van der Waals surface area contributed by atoms with Crippen molar-refractivity contribution in [2.45, 2.75) is 36.6 Å². The van der Waals surface area contributed by atoms with E-state index in [1.807, 2.05) is 0 Å². The van der Waals surface area contributed by atoms with Crippen molar-refractivity contribution >= 4 is 23.5 Å². The van der Waals surface area contributed by atoms with Crippen molar-refractivity contribution in [3.8, 4) is 0 Å². The van der Waals surface area contributed by atoms with Gasteiger partial charge in [0.15, 0.2) is 0 Å². The van der Waals surface area contributed by atoms with E-state index < -0.39 is 60.1 Å². The fourth-order valence-electron chi connectivity index (χ4n) is 1.98. The molecule has 0 unspecified atom stereocenters. The first-order valence-corrected chi connectivity index (χ1v) is 10.1. The zero-order valence-electron chi connectivity index (χ0n) is 17.0. The Balaban J connectivity index is -0.000000240. The smallest absolute Gasteiger partial charge is 0.790 e. The van der Waals surface area contributed by atoms with E-state index in [4.69, 9.17) is 0 Å². The van der Waals surface area contributed by atoms with E-state index in [-0.39, 0.29) is 177 Å². The molecule has 0 spiro atoms. The van der Waals surface area contributed by atoms with E-state index in [0.717, 1.165) is 0 Å². The zero-order valence-corrected chi connectivity index (χ0v) is 31.7. The molecule has 1 aliphatic rings. The molecule has 3 N–H and O–H groups in total. The van der Waals surface area contributed by atoms with Gasteiger partial charge in [-0.25, -0.2) is 0 Å².